The summed E-state index contributed by atoms with van der Waals surface area (Å²) >= 11 is 3.88. The van der Waals surface area contributed by atoms with E-state index in [0.717, 1.165) is 12.8 Å². The van der Waals surface area contributed by atoms with Gasteiger partial charge in [-0.05, 0) is 141 Å². The van der Waals surface area contributed by atoms with Gasteiger partial charge in [-0.3, -0.25) is 0 Å². The largest absolute Gasteiger partial charge is 0.311 e. The second-order valence-corrected chi connectivity index (χ2v) is 23.1. The van der Waals surface area contributed by atoms with Crippen molar-refractivity contribution in [3.63, 3.8) is 0 Å². The van der Waals surface area contributed by atoms with Crippen LogP contribution in [0.3, 0.4) is 0 Å². The second-order valence-electron chi connectivity index (χ2n) is 20.9. The van der Waals surface area contributed by atoms with E-state index in [1.54, 1.807) is 0 Å². The van der Waals surface area contributed by atoms with E-state index in [4.69, 9.17) is 0 Å². The van der Waals surface area contributed by atoms with Gasteiger partial charge in [-0.25, -0.2) is 0 Å². The first-order valence-corrected chi connectivity index (χ1v) is 24.9. The summed E-state index contributed by atoms with van der Waals surface area (Å²) in [4.78, 5) is 5.23. The van der Waals surface area contributed by atoms with Crippen molar-refractivity contribution in [2.24, 2.45) is 0 Å². The van der Waals surface area contributed by atoms with Crippen molar-refractivity contribution in [2.45, 2.75) is 98.3 Å². The molecule has 0 fully saturated rings. The highest BCUT2D eigenvalue weighted by atomic mass is 32.1. The van der Waals surface area contributed by atoms with Crippen LogP contribution in [0.15, 0.2) is 140 Å². The zero-order valence-corrected chi connectivity index (χ0v) is 40.6. The molecule has 11 rings (SSSR count). The predicted octanol–water partition coefficient (Wildman–Crippen LogP) is 15.9. The molecule has 0 spiro atoms. The van der Waals surface area contributed by atoms with Crippen LogP contribution < -0.4 is 25.5 Å². The summed E-state index contributed by atoms with van der Waals surface area (Å²) in [6.07, 6.45) is 2.07. The average Bonchev–Trinajstić information content (AvgIpc) is 3.86. The van der Waals surface area contributed by atoms with E-state index in [1.807, 2.05) is 22.7 Å². The normalized spacial score (nSPS) is 13.8. The van der Waals surface area contributed by atoms with E-state index in [2.05, 4.69) is 219 Å². The predicted molar refractivity (Wildman–Crippen MR) is 284 cm³/mol. The van der Waals surface area contributed by atoms with Crippen LogP contribution >= 0.6 is 22.7 Å². The molecule has 0 bridgehead atoms. The van der Waals surface area contributed by atoms with Gasteiger partial charge in [0.1, 0.15) is 0 Å². The van der Waals surface area contributed by atoms with E-state index in [1.165, 1.54) is 113 Å². The minimum Gasteiger partial charge on any atom is -0.311 e. The number of thiophene rings is 2. The molecule has 2 aromatic heterocycles. The van der Waals surface area contributed by atoms with Gasteiger partial charge in [0.2, 0.25) is 0 Å². The van der Waals surface area contributed by atoms with Crippen LogP contribution in [0.4, 0.5) is 34.1 Å². The van der Waals surface area contributed by atoms with E-state index >= 15 is 0 Å². The number of benzene rings is 7. The first-order valence-electron chi connectivity index (χ1n) is 23.2. The molecule has 0 amide bonds. The maximum Gasteiger partial charge on any atom is 0.264 e. The third-order valence-electron chi connectivity index (χ3n) is 14.5. The summed E-state index contributed by atoms with van der Waals surface area (Å²) in [5.74, 6) is 0. The molecule has 318 valence electrons. The molecule has 64 heavy (non-hydrogen) atoms. The average molecular weight is 869 g/mol. The lowest BCUT2D eigenvalue weighted by Crippen LogP contribution is -2.60. The molecule has 0 N–H and O–H groups in total. The number of hydrogen-bond acceptors (Lipinski definition) is 4. The van der Waals surface area contributed by atoms with Crippen molar-refractivity contribution in [1.82, 2.24) is 0 Å². The summed E-state index contributed by atoms with van der Waals surface area (Å²) in [7, 11) is 0. The van der Waals surface area contributed by atoms with Gasteiger partial charge >= 0.3 is 0 Å². The first kappa shape index (κ1) is 41.1. The Hall–Kier alpha value is -5.62. The molecule has 5 heteroatoms. The summed E-state index contributed by atoms with van der Waals surface area (Å²) in [6, 6.07) is 54.5. The summed E-state index contributed by atoms with van der Waals surface area (Å²) in [5, 5.41) is 3.99. The molecule has 4 heterocycles. The van der Waals surface area contributed by atoms with E-state index in [0.29, 0.717) is 0 Å². The van der Waals surface area contributed by atoms with Crippen LogP contribution in [0, 0.1) is 0 Å². The number of anilines is 6. The molecule has 7 aromatic carbocycles. The molecule has 0 atom stereocenters. The lowest BCUT2D eigenvalue weighted by molar-refractivity contribution is 0.506. The molecular weight excluding hydrogens is 812 g/mol. The molecule has 0 radical (unpaired) electrons. The molecule has 0 unspecified atom stereocenters. The Kier molecular flexibility index (Phi) is 9.45. The van der Waals surface area contributed by atoms with Gasteiger partial charge < -0.3 is 9.80 Å². The van der Waals surface area contributed by atoms with Gasteiger partial charge in [0, 0.05) is 63.3 Å². The van der Waals surface area contributed by atoms with E-state index < -0.39 is 0 Å². The van der Waals surface area contributed by atoms with Crippen LogP contribution in [0.2, 0.25) is 0 Å². The van der Waals surface area contributed by atoms with Crippen LogP contribution in [0.25, 0.3) is 41.4 Å². The first-order chi connectivity index (χ1) is 30.6. The number of nitrogens with zero attached hydrogens (tertiary/aromatic N) is 2. The fourth-order valence-corrected chi connectivity index (χ4v) is 12.7. The quantitative estimate of drug-likeness (QED) is 0.154. The SMILES string of the molecule is CCc1ccc2c(c1)B1c3sc4ccc(C(C)(C)C)cc4c3N(c3ccc(C(C)(C)CC)cc3)c3cccc(c31)N2c1ccc(C(C)(C)C)cc1-c1ccc2sc3ccccc3c2c1. The molecule has 0 saturated heterocycles. The monoisotopic (exact) mass is 868 g/mol. The highest BCUT2D eigenvalue weighted by Crippen LogP contribution is 2.51. The summed E-state index contributed by atoms with van der Waals surface area (Å²) in [5.41, 5.74) is 18.3. The van der Waals surface area contributed by atoms with Crippen molar-refractivity contribution in [2.75, 3.05) is 9.80 Å². The Morgan fingerprint density at radius 1 is 0.500 bits per heavy atom. The topological polar surface area (TPSA) is 6.48 Å². The van der Waals surface area contributed by atoms with Gasteiger partial charge in [0.15, 0.2) is 0 Å². The van der Waals surface area contributed by atoms with Crippen LogP contribution in [0.1, 0.15) is 97.9 Å². The molecule has 9 aromatic rings. The minimum atomic E-state index is -0.0217. The Bertz CT molecular complexity index is 3320. The molecule has 2 aliphatic rings. The van der Waals surface area contributed by atoms with Crippen molar-refractivity contribution >= 4 is 109 Å². The van der Waals surface area contributed by atoms with Crippen LogP contribution in [-0.4, -0.2) is 6.71 Å². The summed E-state index contributed by atoms with van der Waals surface area (Å²) in [6.45, 7) is 23.4. The number of fused-ring (bicyclic) bond motifs is 9. The molecular formula is C59H57BN2S2. The summed E-state index contributed by atoms with van der Waals surface area (Å²) < 4.78 is 5.42. The van der Waals surface area contributed by atoms with Crippen molar-refractivity contribution in [3.05, 3.63) is 162 Å². The zero-order valence-electron chi connectivity index (χ0n) is 39.0. The lowest BCUT2D eigenvalue weighted by atomic mass is 9.36. The lowest BCUT2D eigenvalue weighted by Gasteiger charge is -2.43. The second kappa shape index (κ2) is 14.7. The fourth-order valence-electron chi connectivity index (χ4n) is 10.3. The fraction of sp³-hybridized carbons (Fsp3) is 0.254. The molecule has 0 aliphatic carbocycles. The Morgan fingerprint density at radius 2 is 1.14 bits per heavy atom. The van der Waals surface area contributed by atoms with Gasteiger partial charge in [0.25, 0.3) is 6.71 Å². The number of aryl methyl sites for hydroxylation is 1. The molecule has 2 nitrogen and oxygen atoms in total. The van der Waals surface area contributed by atoms with Gasteiger partial charge in [0.05, 0.1) is 11.4 Å². The maximum atomic E-state index is 2.62. The minimum absolute atomic E-state index is 0.0217. The van der Waals surface area contributed by atoms with Gasteiger partial charge in [-0.2, -0.15) is 0 Å². The standard InChI is InChI=1S/C59H57BN2S2/c1-11-36-20-28-48-46(32-36)60-54-49(61(41-26-22-38(23-27-41)59(9,10)12-2)55-45-35-40(58(6,7)8)25-31-53(45)64-56(55)60)17-15-18-50(54)62(48)47-29-24-39(57(3,4)5)34-43(47)37-21-30-52-44(33-37)42-16-13-14-19-51(42)63-52/h13-35H,11-12H2,1-10H3. The Balaban J connectivity index is 1.20. The van der Waals surface area contributed by atoms with Crippen LogP contribution in [-0.2, 0) is 22.7 Å². The Labute approximate surface area is 388 Å². The van der Waals surface area contributed by atoms with Crippen molar-refractivity contribution in [1.29, 1.82) is 0 Å². The van der Waals surface area contributed by atoms with E-state index in [-0.39, 0.29) is 23.0 Å². The van der Waals surface area contributed by atoms with Gasteiger partial charge in [-0.1, -0.05) is 136 Å². The number of hydrogen-bond donors (Lipinski definition) is 0. The van der Waals surface area contributed by atoms with E-state index in [9.17, 15) is 0 Å². The van der Waals surface area contributed by atoms with Crippen molar-refractivity contribution < 1.29 is 0 Å². The van der Waals surface area contributed by atoms with Crippen LogP contribution in [0.5, 0.6) is 0 Å². The molecule has 2 aliphatic heterocycles. The smallest absolute Gasteiger partial charge is 0.264 e. The Morgan fingerprint density at radius 3 is 1.88 bits per heavy atom. The highest BCUT2D eigenvalue weighted by Gasteiger charge is 2.45. The zero-order chi connectivity index (χ0) is 44.4. The third-order valence-corrected chi connectivity index (χ3v) is 16.9. The maximum absolute atomic E-state index is 2.62. The third kappa shape index (κ3) is 6.40. The molecule has 0 saturated carbocycles. The van der Waals surface area contributed by atoms with Gasteiger partial charge in [-0.15, -0.1) is 22.7 Å². The number of rotatable bonds is 6. The van der Waals surface area contributed by atoms with Crippen molar-refractivity contribution in [3.8, 4) is 11.1 Å². The highest BCUT2D eigenvalue weighted by molar-refractivity contribution is 7.33.